The fourth-order valence-corrected chi connectivity index (χ4v) is 3.16. The molecule has 174 valence electrons. The van der Waals surface area contributed by atoms with Crippen molar-refractivity contribution in [1.82, 2.24) is 25.9 Å². The molecular weight excluding hydrogens is 448 g/mol. The summed E-state index contributed by atoms with van der Waals surface area (Å²) >= 11 is 5.51. The van der Waals surface area contributed by atoms with E-state index in [2.05, 4.69) is 38.5 Å². The van der Waals surface area contributed by atoms with Crippen LogP contribution in [0, 0.1) is 0 Å². The third kappa shape index (κ3) is 9.16. The van der Waals surface area contributed by atoms with Gasteiger partial charge in [0.1, 0.15) is 18.1 Å². The summed E-state index contributed by atoms with van der Waals surface area (Å²) < 4.78 is 0. The number of nitrogens with zero attached hydrogens (tertiary/aromatic N) is 1. The number of imidazole rings is 1. The first-order valence-electron chi connectivity index (χ1n) is 9.30. The van der Waals surface area contributed by atoms with E-state index in [1.165, 1.54) is 24.3 Å². The first-order chi connectivity index (χ1) is 14.7. The number of rotatable bonds is 14. The average molecular weight is 477 g/mol. The van der Waals surface area contributed by atoms with Gasteiger partial charge in [-0.3, -0.25) is 14.4 Å². The molecule has 14 heteroatoms. The molecule has 1 aromatic rings. The smallest absolute Gasteiger partial charge is 0.328 e. The Labute approximate surface area is 188 Å². The largest absolute Gasteiger partial charge is 0.480 e. The lowest BCUT2D eigenvalue weighted by molar-refractivity contribution is -0.143. The molecule has 12 nitrogen and oxygen atoms in total. The van der Waals surface area contributed by atoms with Crippen LogP contribution >= 0.6 is 24.4 Å². The van der Waals surface area contributed by atoms with Crippen LogP contribution in [-0.2, 0) is 25.6 Å². The molecule has 0 aliphatic rings. The summed E-state index contributed by atoms with van der Waals surface area (Å²) in [5.74, 6) is -2.97. The van der Waals surface area contributed by atoms with E-state index >= 15 is 0 Å². The summed E-state index contributed by atoms with van der Waals surface area (Å²) in [6, 6.07) is -4.57. The van der Waals surface area contributed by atoms with E-state index in [-0.39, 0.29) is 18.6 Å². The van der Waals surface area contributed by atoms with Gasteiger partial charge in [0.05, 0.1) is 19.0 Å². The quantitative estimate of drug-likeness (QED) is 0.134. The normalized spacial score (nSPS) is 14.7. The molecule has 0 bridgehead atoms. The van der Waals surface area contributed by atoms with E-state index in [0.717, 1.165) is 0 Å². The summed E-state index contributed by atoms with van der Waals surface area (Å²) in [5, 5.41) is 25.2. The molecule has 1 heterocycles. The summed E-state index contributed by atoms with van der Waals surface area (Å²) in [5.41, 5.74) is 6.52. The lowest BCUT2D eigenvalue weighted by Gasteiger charge is -2.24. The SMILES string of the molecule is CSCCC(NC(=O)C(CS)NC(=O)C(N)Cc1cnc[nH]1)C(=O)NC(CO)C(=O)O. The minimum absolute atomic E-state index is 0.0559. The van der Waals surface area contributed by atoms with E-state index in [4.69, 9.17) is 15.9 Å². The molecule has 0 radical (unpaired) electrons. The van der Waals surface area contributed by atoms with Crippen LogP contribution in [0.15, 0.2) is 12.5 Å². The Morgan fingerprint density at radius 3 is 2.29 bits per heavy atom. The highest BCUT2D eigenvalue weighted by atomic mass is 32.2. The zero-order chi connectivity index (χ0) is 23.4. The molecule has 1 aromatic heterocycles. The zero-order valence-electron chi connectivity index (χ0n) is 16.9. The molecule has 0 aromatic carbocycles. The summed E-state index contributed by atoms with van der Waals surface area (Å²) in [7, 11) is 0. The second kappa shape index (κ2) is 13.9. The van der Waals surface area contributed by atoms with Crippen LogP contribution in [0.5, 0.6) is 0 Å². The van der Waals surface area contributed by atoms with Gasteiger partial charge in [-0.2, -0.15) is 24.4 Å². The molecule has 0 saturated heterocycles. The van der Waals surface area contributed by atoms with Gasteiger partial charge >= 0.3 is 5.97 Å². The summed E-state index contributed by atoms with van der Waals surface area (Å²) in [6.07, 6.45) is 5.19. The van der Waals surface area contributed by atoms with Gasteiger partial charge in [-0.25, -0.2) is 9.78 Å². The van der Waals surface area contributed by atoms with Crippen molar-refractivity contribution < 1.29 is 29.4 Å². The van der Waals surface area contributed by atoms with Gasteiger partial charge in [-0.1, -0.05) is 0 Å². The highest BCUT2D eigenvalue weighted by molar-refractivity contribution is 7.98. The number of H-pyrrole nitrogens is 1. The highest BCUT2D eigenvalue weighted by Crippen LogP contribution is 2.04. The maximum atomic E-state index is 12.6. The number of nitrogens with one attached hydrogen (secondary N) is 4. The van der Waals surface area contributed by atoms with Crippen molar-refractivity contribution in [3.05, 3.63) is 18.2 Å². The number of carbonyl (C=O) groups excluding carboxylic acids is 3. The van der Waals surface area contributed by atoms with Crippen LogP contribution in [0.2, 0.25) is 0 Å². The van der Waals surface area contributed by atoms with Crippen molar-refractivity contribution in [2.24, 2.45) is 5.73 Å². The van der Waals surface area contributed by atoms with Crippen LogP contribution in [0.4, 0.5) is 0 Å². The van der Waals surface area contributed by atoms with Gasteiger partial charge < -0.3 is 36.9 Å². The maximum Gasteiger partial charge on any atom is 0.328 e. The van der Waals surface area contributed by atoms with Crippen molar-refractivity contribution >= 4 is 48.1 Å². The van der Waals surface area contributed by atoms with Gasteiger partial charge in [0.2, 0.25) is 17.7 Å². The molecule has 3 amide bonds. The van der Waals surface area contributed by atoms with E-state index < -0.39 is 54.5 Å². The summed E-state index contributed by atoms with van der Waals surface area (Å²) in [6.45, 7) is -0.798. The minimum Gasteiger partial charge on any atom is -0.480 e. The molecule has 4 unspecified atom stereocenters. The monoisotopic (exact) mass is 476 g/mol. The Hall–Kier alpha value is -2.29. The molecule has 1 rings (SSSR count). The van der Waals surface area contributed by atoms with Crippen LogP contribution in [-0.4, -0.2) is 92.4 Å². The molecule has 8 N–H and O–H groups in total. The second-order valence-corrected chi connectivity index (χ2v) is 7.91. The highest BCUT2D eigenvalue weighted by Gasteiger charge is 2.29. The van der Waals surface area contributed by atoms with Crippen molar-refractivity contribution in [2.45, 2.75) is 37.0 Å². The van der Waals surface area contributed by atoms with E-state index in [0.29, 0.717) is 11.4 Å². The number of aliphatic hydroxyl groups is 1. The molecule has 4 atom stereocenters. The second-order valence-electron chi connectivity index (χ2n) is 6.56. The lowest BCUT2D eigenvalue weighted by atomic mass is 10.1. The molecule has 0 spiro atoms. The minimum atomic E-state index is -1.50. The number of carboxylic acid groups (broad SMARTS) is 1. The van der Waals surface area contributed by atoms with Gasteiger partial charge in [0.25, 0.3) is 0 Å². The zero-order valence-corrected chi connectivity index (χ0v) is 18.6. The number of aromatic nitrogens is 2. The standard InChI is InChI=1S/C17H28N6O6S2/c1-31-3-2-11(15(26)22-12(6-24)17(28)29)21-16(27)13(7-30)23-14(25)10(18)4-9-5-19-8-20-9/h5,8,10-13,24,30H,2-4,6-7,18H2,1H3,(H,19,20)(H,21,27)(H,22,26)(H,23,25)(H,28,29). The Kier molecular flexibility index (Phi) is 12.0. The Bertz CT molecular complexity index is 735. The number of hydrogen-bond donors (Lipinski definition) is 8. The van der Waals surface area contributed by atoms with Gasteiger partial charge in [0, 0.05) is 24.1 Å². The third-order valence-electron chi connectivity index (χ3n) is 4.19. The lowest BCUT2D eigenvalue weighted by Crippen LogP contribution is -2.58. The Balaban J connectivity index is 2.75. The fourth-order valence-electron chi connectivity index (χ4n) is 2.43. The number of carboxylic acids is 1. The number of hydrogen-bond acceptors (Lipinski definition) is 9. The number of aromatic amines is 1. The number of carbonyl (C=O) groups is 4. The number of aliphatic carboxylic acids is 1. The van der Waals surface area contributed by atoms with E-state index in [9.17, 15) is 19.2 Å². The van der Waals surface area contributed by atoms with Crippen molar-refractivity contribution in [3.8, 4) is 0 Å². The van der Waals surface area contributed by atoms with Crippen molar-refractivity contribution in [2.75, 3.05) is 24.4 Å². The number of thioether (sulfide) groups is 1. The van der Waals surface area contributed by atoms with E-state index in [1.54, 1.807) is 0 Å². The van der Waals surface area contributed by atoms with Crippen LogP contribution in [0.3, 0.4) is 0 Å². The topological polar surface area (TPSA) is 200 Å². The summed E-state index contributed by atoms with van der Waals surface area (Å²) in [4.78, 5) is 55.1. The van der Waals surface area contributed by atoms with E-state index in [1.807, 2.05) is 6.26 Å². The van der Waals surface area contributed by atoms with Gasteiger partial charge in [-0.15, -0.1) is 0 Å². The van der Waals surface area contributed by atoms with Gasteiger partial charge in [0.15, 0.2) is 0 Å². The maximum absolute atomic E-state index is 12.6. The van der Waals surface area contributed by atoms with Crippen LogP contribution in [0.1, 0.15) is 12.1 Å². The Morgan fingerprint density at radius 1 is 1.16 bits per heavy atom. The van der Waals surface area contributed by atoms with Gasteiger partial charge in [-0.05, 0) is 18.4 Å². The predicted molar refractivity (Wildman–Crippen MR) is 118 cm³/mol. The number of thiol groups is 1. The molecular formula is C17H28N6O6S2. The average Bonchev–Trinajstić information content (AvgIpc) is 3.25. The fraction of sp³-hybridized carbons (Fsp3) is 0.588. The van der Waals surface area contributed by atoms with Crippen LogP contribution < -0.4 is 21.7 Å². The Morgan fingerprint density at radius 2 is 1.77 bits per heavy atom. The molecule has 0 aliphatic heterocycles. The predicted octanol–water partition coefficient (Wildman–Crippen LogP) is -2.51. The molecule has 0 fully saturated rings. The van der Waals surface area contributed by atoms with Crippen molar-refractivity contribution in [1.29, 1.82) is 0 Å². The number of nitrogens with two attached hydrogens (primary N) is 1. The number of amides is 3. The molecule has 31 heavy (non-hydrogen) atoms. The van der Waals surface area contributed by atoms with Crippen LogP contribution in [0.25, 0.3) is 0 Å². The molecule has 0 saturated carbocycles. The van der Waals surface area contributed by atoms with Crippen molar-refractivity contribution in [3.63, 3.8) is 0 Å². The molecule has 0 aliphatic carbocycles. The third-order valence-corrected chi connectivity index (χ3v) is 5.20. The first-order valence-corrected chi connectivity index (χ1v) is 11.3. The first kappa shape index (κ1) is 26.7. The number of aliphatic hydroxyl groups excluding tert-OH is 1.